The summed E-state index contributed by atoms with van der Waals surface area (Å²) in [6, 6.07) is 10.3. The molecule has 150 valence electrons. The quantitative estimate of drug-likeness (QED) is 0.410. The molecule has 0 fully saturated rings. The lowest BCUT2D eigenvalue weighted by molar-refractivity contribution is -0.116. The Kier molecular flexibility index (Phi) is 6.66. The van der Waals surface area contributed by atoms with Crippen molar-refractivity contribution >= 4 is 28.2 Å². The summed E-state index contributed by atoms with van der Waals surface area (Å²) < 4.78 is 31.9. The lowest BCUT2D eigenvalue weighted by Gasteiger charge is -2.06. The smallest absolute Gasteiger partial charge is 0.226 e. The summed E-state index contributed by atoms with van der Waals surface area (Å²) in [5.74, 6) is -1.46. The molecule has 1 N–H and O–H groups in total. The fraction of sp³-hybridized carbons (Fsp3) is 0.190. The summed E-state index contributed by atoms with van der Waals surface area (Å²) in [6.07, 6.45) is 0.743. The Morgan fingerprint density at radius 1 is 1.10 bits per heavy atom. The molecule has 0 spiro atoms. The zero-order valence-electron chi connectivity index (χ0n) is 15.6. The molecule has 0 radical (unpaired) electrons. The molecule has 0 atom stereocenters. The number of hydrogen-bond donors (Lipinski definition) is 1. The highest BCUT2D eigenvalue weighted by molar-refractivity contribution is 7.14. The van der Waals surface area contributed by atoms with Crippen LogP contribution in [0.4, 0.5) is 13.9 Å². The first-order valence-corrected chi connectivity index (χ1v) is 9.75. The normalized spacial score (nSPS) is 10.6. The zero-order chi connectivity index (χ0) is 20.8. The number of halogens is 2. The van der Waals surface area contributed by atoms with Crippen LogP contribution in [0.3, 0.4) is 0 Å². The monoisotopic (exact) mass is 416 g/mol. The number of benzene rings is 2. The first-order chi connectivity index (χ1) is 13.9. The van der Waals surface area contributed by atoms with E-state index in [0.717, 1.165) is 12.1 Å². The van der Waals surface area contributed by atoms with E-state index < -0.39 is 11.6 Å². The highest BCUT2D eigenvalue weighted by Gasteiger charge is 2.10. The van der Waals surface area contributed by atoms with E-state index in [4.69, 9.17) is 4.74 Å². The van der Waals surface area contributed by atoms with E-state index in [1.54, 1.807) is 29.6 Å². The molecule has 1 heterocycles. The van der Waals surface area contributed by atoms with Gasteiger partial charge in [-0.05, 0) is 55.8 Å². The second-order valence-corrected chi connectivity index (χ2v) is 7.11. The third-order valence-corrected chi connectivity index (χ3v) is 4.80. The van der Waals surface area contributed by atoms with Crippen molar-refractivity contribution in [2.24, 2.45) is 0 Å². The van der Waals surface area contributed by atoms with Gasteiger partial charge in [0.25, 0.3) is 0 Å². The maximum absolute atomic E-state index is 13.3. The first kappa shape index (κ1) is 20.6. The van der Waals surface area contributed by atoms with Crippen LogP contribution < -0.4 is 10.1 Å². The third kappa shape index (κ3) is 5.68. The number of carbonyl (C=O) groups excluding carboxylic acids is 2. The van der Waals surface area contributed by atoms with E-state index in [1.165, 1.54) is 24.3 Å². The van der Waals surface area contributed by atoms with E-state index in [9.17, 15) is 18.4 Å². The molecule has 2 aromatic carbocycles. The predicted octanol–water partition coefficient (Wildman–Crippen LogP) is 5.09. The van der Waals surface area contributed by atoms with Crippen molar-refractivity contribution in [2.75, 3.05) is 11.9 Å². The highest BCUT2D eigenvalue weighted by Crippen LogP contribution is 2.26. The fourth-order valence-corrected chi connectivity index (χ4v) is 3.25. The average molecular weight is 416 g/mol. The Morgan fingerprint density at radius 2 is 1.86 bits per heavy atom. The van der Waals surface area contributed by atoms with Crippen molar-refractivity contribution in [1.29, 1.82) is 0 Å². The Hall–Kier alpha value is -3.13. The van der Waals surface area contributed by atoms with Gasteiger partial charge in [-0.2, -0.15) is 0 Å². The molecule has 0 aliphatic carbocycles. The van der Waals surface area contributed by atoms with Crippen LogP contribution in [0.25, 0.3) is 11.3 Å². The lowest BCUT2D eigenvalue weighted by atomic mass is 10.1. The molecule has 3 rings (SSSR count). The van der Waals surface area contributed by atoms with E-state index in [0.29, 0.717) is 40.7 Å². The minimum atomic E-state index is -0.947. The van der Waals surface area contributed by atoms with Crippen molar-refractivity contribution in [1.82, 2.24) is 4.98 Å². The van der Waals surface area contributed by atoms with Crippen LogP contribution in [0.1, 0.15) is 30.1 Å². The van der Waals surface area contributed by atoms with Crippen LogP contribution in [-0.4, -0.2) is 23.3 Å². The van der Waals surface area contributed by atoms with E-state index >= 15 is 0 Å². The van der Waals surface area contributed by atoms with Gasteiger partial charge in [-0.25, -0.2) is 13.8 Å². The van der Waals surface area contributed by atoms with Crippen LogP contribution in [0, 0.1) is 11.6 Å². The number of nitrogens with zero attached hydrogens (tertiary/aromatic N) is 1. The summed E-state index contributed by atoms with van der Waals surface area (Å²) in [5.41, 5.74) is 1.51. The summed E-state index contributed by atoms with van der Waals surface area (Å²) in [6.45, 7) is 1.85. The van der Waals surface area contributed by atoms with Gasteiger partial charge in [0, 0.05) is 22.9 Å². The molecule has 0 saturated carbocycles. The van der Waals surface area contributed by atoms with Crippen molar-refractivity contribution in [3.8, 4) is 17.0 Å². The summed E-state index contributed by atoms with van der Waals surface area (Å²) in [5, 5.41) is 4.73. The topological polar surface area (TPSA) is 68.3 Å². The first-order valence-electron chi connectivity index (χ1n) is 8.87. The Balaban J connectivity index is 1.44. The molecule has 0 aliphatic heterocycles. The molecule has 8 heteroatoms. The molecule has 1 aromatic heterocycles. The number of hydrogen-bond acceptors (Lipinski definition) is 5. The molecule has 29 heavy (non-hydrogen) atoms. The molecule has 3 aromatic rings. The largest absolute Gasteiger partial charge is 0.494 e. The lowest BCUT2D eigenvalue weighted by Crippen LogP contribution is -2.12. The van der Waals surface area contributed by atoms with Gasteiger partial charge in [0.05, 0.1) is 12.3 Å². The number of thiazole rings is 1. The number of anilines is 1. The van der Waals surface area contributed by atoms with Crippen LogP contribution in [0.15, 0.2) is 47.8 Å². The van der Waals surface area contributed by atoms with Gasteiger partial charge in [-0.3, -0.25) is 9.59 Å². The van der Waals surface area contributed by atoms with E-state index in [2.05, 4.69) is 10.3 Å². The number of Topliss-reactive ketones (excluding diaryl/α,β-unsaturated/α-hetero) is 1. The number of nitrogens with one attached hydrogen (secondary N) is 1. The Labute approximate surface area is 170 Å². The van der Waals surface area contributed by atoms with E-state index in [1.807, 2.05) is 0 Å². The van der Waals surface area contributed by atoms with Gasteiger partial charge in [-0.1, -0.05) is 0 Å². The van der Waals surface area contributed by atoms with Gasteiger partial charge in [-0.15, -0.1) is 11.3 Å². The SMILES string of the molecule is CC(=O)c1ccc(OCCCC(=O)Nc2nc(-c3ccc(F)c(F)c3)cs2)cc1. The van der Waals surface area contributed by atoms with Crippen LogP contribution in [-0.2, 0) is 4.79 Å². The number of ether oxygens (including phenoxy) is 1. The van der Waals surface area contributed by atoms with Gasteiger partial charge >= 0.3 is 0 Å². The fourth-order valence-electron chi connectivity index (χ4n) is 2.51. The zero-order valence-corrected chi connectivity index (χ0v) is 16.4. The summed E-state index contributed by atoms with van der Waals surface area (Å²) in [4.78, 5) is 27.5. The minimum absolute atomic E-state index is 0.0110. The second kappa shape index (κ2) is 9.38. The molecule has 1 amide bonds. The molecule has 0 saturated heterocycles. The standard InChI is InChI=1S/C21H18F2N2O3S/c1-13(26)14-4-7-16(8-5-14)28-10-2-3-20(27)25-21-24-19(12-29-21)15-6-9-17(22)18(23)11-15/h4-9,11-12H,2-3,10H2,1H3,(H,24,25,27). The van der Waals surface area contributed by atoms with Gasteiger partial charge in [0.15, 0.2) is 22.5 Å². The van der Waals surface area contributed by atoms with Crippen molar-refractivity contribution in [3.05, 3.63) is 65.0 Å². The van der Waals surface area contributed by atoms with Crippen LogP contribution >= 0.6 is 11.3 Å². The molecule has 0 unspecified atom stereocenters. The summed E-state index contributed by atoms with van der Waals surface area (Å²) >= 11 is 1.20. The average Bonchev–Trinajstić information content (AvgIpc) is 3.16. The van der Waals surface area contributed by atoms with Crippen LogP contribution in [0.5, 0.6) is 5.75 Å². The molecule has 0 bridgehead atoms. The molecular formula is C21H18F2N2O3S. The third-order valence-electron chi connectivity index (χ3n) is 4.04. The van der Waals surface area contributed by atoms with Crippen molar-refractivity contribution < 1.29 is 23.1 Å². The van der Waals surface area contributed by atoms with Gasteiger partial charge in [0.2, 0.25) is 5.91 Å². The maximum Gasteiger partial charge on any atom is 0.226 e. The number of amides is 1. The number of aromatic nitrogens is 1. The maximum atomic E-state index is 13.3. The number of ketones is 1. The number of carbonyl (C=O) groups is 2. The Bertz CT molecular complexity index is 1020. The van der Waals surface area contributed by atoms with Crippen LogP contribution in [0.2, 0.25) is 0 Å². The van der Waals surface area contributed by atoms with Crippen molar-refractivity contribution in [2.45, 2.75) is 19.8 Å². The predicted molar refractivity (Wildman–Crippen MR) is 107 cm³/mol. The molecular weight excluding hydrogens is 398 g/mol. The van der Waals surface area contributed by atoms with E-state index in [-0.39, 0.29) is 18.1 Å². The highest BCUT2D eigenvalue weighted by atomic mass is 32.1. The minimum Gasteiger partial charge on any atom is -0.494 e. The summed E-state index contributed by atoms with van der Waals surface area (Å²) in [7, 11) is 0. The number of rotatable bonds is 8. The molecule has 0 aliphatic rings. The molecule has 5 nitrogen and oxygen atoms in total. The van der Waals surface area contributed by atoms with Crippen molar-refractivity contribution in [3.63, 3.8) is 0 Å². The second-order valence-electron chi connectivity index (χ2n) is 6.25. The van der Waals surface area contributed by atoms with Gasteiger partial charge in [0.1, 0.15) is 5.75 Å². The Morgan fingerprint density at radius 3 is 2.55 bits per heavy atom. The van der Waals surface area contributed by atoms with Gasteiger partial charge < -0.3 is 10.1 Å².